The zero-order valence-corrected chi connectivity index (χ0v) is 18.5. The van der Waals surface area contributed by atoms with E-state index in [1.54, 1.807) is 7.05 Å². The van der Waals surface area contributed by atoms with E-state index >= 15 is 0 Å². The molecule has 0 aromatic carbocycles. The van der Waals surface area contributed by atoms with Crippen molar-refractivity contribution in [2.45, 2.75) is 25.4 Å². The van der Waals surface area contributed by atoms with Crippen molar-refractivity contribution in [3.63, 3.8) is 0 Å². The van der Waals surface area contributed by atoms with Crippen molar-refractivity contribution >= 4 is 53.6 Å². The van der Waals surface area contributed by atoms with E-state index in [9.17, 15) is 13.2 Å². The van der Waals surface area contributed by atoms with E-state index in [0.29, 0.717) is 19.4 Å². The van der Waals surface area contributed by atoms with Crippen LogP contribution in [-0.4, -0.2) is 58.7 Å². The van der Waals surface area contributed by atoms with Crippen molar-refractivity contribution < 1.29 is 18.0 Å². The molecule has 0 saturated carbocycles. The summed E-state index contributed by atoms with van der Waals surface area (Å²) in [6.07, 6.45) is 0.571. The fourth-order valence-electron chi connectivity index (χ4n) is 3.17. The molecular formula is C16H22F3IN6OS. The quantitative estimate of drug-likeness (QED) is 0.471. The number of amides is 1. The van der Waals surface area contributed by atoms with Gasteiger partial charge in [0.05, 0.1) is 5.39 Å². The van der Waals surface area contributed by atoms with Crippen molar-refractivity contribution in [2.24, 2.45) is 5.92 Å². The predicted molar refractivity (Wildman–Crippen MR) is 113 cm³/mol. The van der Waals surface area contributed by atoms with Crippen molar-refractivity contribution in [2.75, 3.05) is 32.2 Å². The standard InChI is InChI=1S/C14H17F3IN5S.C2H5NO/c1-21(22-5-2-3-10(8-22)7-14(15,16)17)12-11-4-6-23(24-18)13(11)20-9-19-12;1-3-2-4/h4,6,9-10H,2-3,5,7-8H2,1H3;2H,1H3,(H,3,4). The van der Waals surface area contributed by atoms with Crippen molar-refractivity contribution in [3.05, 3.63) is 18.6 Å². The molecule has 3 heterocycles. The van der Waals surface area contributed by atoms with E-state index in [2.05, 4.69) is 36.5 Å². The van der Waals surface area contributed by atoms with E-state index in [1.807, 2.05) is 33.3 Å². The number of piperidine rings is 1. The molecule has 0 bridgehead atoms. The Bertz CT molecular complexity index is 774. The highest BCUT2D eigenvalue weighted by atomic mass is 127. The first kappa shape index (κ1) is 23.0. The molecule has 156 valence electrons. The minimum Gasteiger partial charge on any atom is -0.362 e. The SMILES string of the molecule is CN(c1ncnc2c1ccn2SI)N1CCCC(CC(F)(F)F)C1.CNC=O. The molecule has 1 atom stereocenters. The number of carbonyl (C=O) groups excluding carboxylic acids is 1. The number of hydrogen-bond donors (Lipinski definition) is 1. The van der Waals surface area contributed by atoms with Crippen LogP contribution in [0.1, 0.15) is 19.3 Å². The fourth-order valence-corrected chi connectivity index (χ4v) is 4.44. The average Bonchev–Trinajstić information content (AvgIpc) is 3.09. The van der Waals surface area contributed by atoms with Crippen LogP contribution in [0.4, 0.5) is 19.0 Å². The number of anilines is 1. The maximum absolute atomic E-state index is 12.7. The molecule has 1 fully saturated rings. The molecular weight excluding hydrogens is 508 g/mol. The van der Waals surface area contributed by atoms with Gasteiger partial charge in [0.1, 0.15) is 6.33 Å². The molecule has 0 aliphatic carbocycles. The molecule has 0 spiro atoms. The second kappa shape index (κ2) is 10.5. The van der Waals surface area contributed by atoms with Crippen molar-refractivity contribution in [3.8, 4) is 0 Å². The highest BCUT2D eigenvalue weighted by Gasteiger charge is 2.35. The van der Waals surface area contributed by atoms with Crippen LogP contribution in [0.3, 0.4) is 0 Å². The highest BCUT2D eigenvalue weighted by molar-refractivity contribution is 14.2. The smallest absolute Gasteiger partial charge is 0.362 e. The largest absolute Gasteiger partial charge is 0.389 e. The van der Waals surface area contributed by atoms with Crippen LogP contribution in [0.2, 0.25) is 0 Å². The normalized spacial score (nSPS) is 17.7. The lowest BCUT2D eigenvalue weighted by Crippen LogP contribution is -2.47. The molecule has 1 aliphatic rings. The summed E-state index contributed by atoms with van der Waals surface area (Å²) in [5.74, 6) is 0.352. The summed E-state index contributed by atoms with van der Waals surface area (Å²) in [6.45, 7) is 1.13. The Labute approximate surface area is 177 Å². The number of alkyl halides is 3. The second-order valence-electron chi connectivity index (χ2n) is 6.32. The molecule has 1 N–H and O–H groups in total. The Kier molecular flexibility index (Phi) is 8.61. The number of halogens is 4. The van der Waals surface area contributed by atoms with Gasteiger partial charge in [-0.25, -0.2) is 15.0 Å². The number of rotatable bonds is 5. The molecule has 12 heteroatoms. The number of nitrogens with zero attached hydrogens (tertiary/aromatic N) is 5. The van der Waals surface area contributed by atoms with Crippen LogP contribution in [-0.2, 0) is 4.79 Å². The Hall–Kier alpha value is -1.28. The number of aromatic nitrogens is 3. The Morgan fingerprint density at radius 2 is 2.18 bits per heavy atom. The van der Waals surface area contributed by atoms with E-state index < -0.39 is 12.6 Å². The summed E-state index contributed by atoms with van der Waals surface area (Å²) in [6, 6.07) is 1.93. The molecule has 2 aromatic heterocycles. The van der Waals surface area contributed by atoms with E-state index in [1.165, 1.54) is 15.4 Å². The first-order valence-electron chi connectivity index (χ1n) is 8.58. The summed E-state index contributed by atoms with van der Waals surface area (Å²) < 4.78 is 40.0. The number of hydrazine groups is 1. The third-order valence-corrected chi connectivity index (χ3v) is 6.08. The summed E-state index contributed by atoms with van der Waals surface area (Å²) in [4.78, 5) is 17.7. The third kappa shape index (κ3) is 6.11. The summed E-state index contributed by atoms with van der Waals surface area (Å²) in [7, 11) is 4.92. The Balaban J connectivity index is 0.000000640. The molecule has 7 nitrogen and oxygen atoms in total. The summed E-state index contributed by atoms with van der Waals surface area (Å²) in [5, 5.41) is 6.97. The number of nitrogens with one attached hydrogen (secondary N) is 1. The average molecular weight is 530 g/mol. The lowest BCUT2D eigenvalue weighted by atomic mass is 9.95. The second-order valence-corrected chi connectivity index (χ2v) is 8.03. The topological polar surface area (TPSA) is 66.3 Å². The van der Waals surface area contributed by atoms with Crippen LogP contribution in [0.15, 0.2) is 18.6 Å². The van der Waals surface area contributed by atoms with Crippen LogP contribution < -0.4 is 10.3 Å². The highest BCUT2D eigenvalue weighted by Crippen LogP contribution is 2.33. The minimum absolute atomic E-state index is 0.368. The lowest BCUT2D eigenvalue weighted by molar-refractivity contribution is -0.148. The van der Waals surface area contributed by atoms with Gasteiger partial charge >= 0.3 is 6.18 Å². The molecule has 1 unspecified atom stereocenters. The number of hydrogen-bond acceptors (Lipinski definition) is 6. The first-order valence-corrected chi connectivity index (χ1v) is 11.9. The predicted octanol–water partition coefficient (Wildman–Crippen LogP) is 3.66. The zero-order chi connectivity index (χ0) is 20.7. The van der Waals surface area contributed by atoms with Gasteiger partial charge in [0.15, 0.2) is 11.5 Å². The Morgan fingerprint density at radius 1 is 1.46 bits per heavy atom. The maximum Gasteiger partial charge on any atom is 0.389 e. The molecule has 1 saturated heterocycles. The summed E-state index contributed by atoms with van der Waals surface area (Å²) in [5.41, 5.74) is 0.801. The van der Waals surface area contributed by atoms with E-state index in [-0.39, 0.29) is 5.92 Å². The van der Waals surface area contributed by atoms with Gasteiger partial charge in [-0.1, -0.05) is 0 Å². The molecule has 3 rings (SSSR count). The van der Waals surface area contributed by atoms with Gasteiger partial charge in [0.2, 0.25) is 6.41 Å². The van der Waals surface area contributed by atoms with Crippen LogP contribution in [0.25, 0.3) is 11.0 Å². The van der Waals surface area contributed by atoms with Crippen LogP contribution in [0.5, 0.6) is 0 Å². The molecule has 1 amide bonds. The zero-order valence-electron chi connectivity index (χ0n) is 15.5. The first-order chi connectivity index (χ1) is 13.3. The molecule has 2 aromatic rings. The van der Waals surface area contributed by atoms with Gasteiger partial charge in [0.25, 0.3) is 0 Å². The van der Waals surface area contributed by atoms with Crippen molar-refractivity contribution in [1.29, 1.82) is 0 Å². The summed E-state index contributed by atoms with van der Waals surface area (Å²) >= 11 is 2.17. The molecule has 0 radical (unpaired) electrons. The van der Waals surface area contributed by atoms with Crippen LogP contribution >= 0.6 is 30.3 Å². The monoisotopic (exact) mass is 530 g/mol. The molecule has 28 heavy (non-hydrogen) atoms. The van der Waals surface area contributed by atoms with E-state index in [4.69, 9.17) is 4.79 Å². The fraction of sp³-hybridized carbons (Fsp3) is 0.562. The van der Waals surface area contributed by atoms with Gasteiger partial charge in [0, 0.05) is 70.1 Å². The van der Waals surface area contributed by atoms with Crippen LogP contribution in [0, 0.1) is 5.92 Å². The van der Waals surface area contributed by atoms with Gasteiger partial charge in [-0.3, -0.25) is 13.8 Å². The van der Waals surface area contributed by atoms with Gasteiger partial charge in [-0.15, -0.1) is 0 Å². The maximum atomic E-state index is 12.7. The van der Waals surface area contributed by atoms with Gasteiger partial charge in [-0.05, 0) is 24.8 Å². The van der Waals surface area contributed by atoms with Gasteiger partial charge in [-0.2, -0.15) is 13.2 Å². The third-order valence-electron chi connectivity index (χ3n) is 4.37. The van der Waals surface area contributed by atoms with Crippen molar-refractivity contribution in [1.82, 2.24) is 24.3 Å². The number of carbonyl (C=O) groups is 1. The number of fused-ring (bicyclic) bond motifs is 1. The lowest BCUT2D eigenvalue weighted by Gasteiger charge is -2.39. The van der Waals surface area contributed by atoms with Gasteiger partial charge < -0.3 is 5.32 Å². The molecule has 1 aliphatic heterocycles. The van der Waals surface area contributed by atoms with E-state index in [0.717, 1.165) is 29.8 Å². The Morgan fingerprint density at radius 3 is 2.79 bits per heavy atom. The minimum atomic E-state index is -4.11.